The molecule has 1 fully saturated rings. The van der Waals surface area contributed by atoms with Crippen molar-refractivity contribution in [1.29, 1.82) is 0 Å². The zero-order chi connectivity index (χ0) is 21.3. The standard InChI is InChI=1S/C19H15ClN4O4S/c1-22(2)16-8-7-14(24(27)28)9-11(16)10-15-17(25)21-19(29)23(18(15)26)13-5-3-12(20)4-6-13/h3-10H,1-2H3,(H,21,25,29)/b15-10-. The van der Waals surface area contributed by atoms with Crippen molar-refractivity contribution >= 4 is 63.9 Å². The maximum absolute atomic E-state index is 13.1. The molecule has 0 unspecified atom stereocenters. The van der Waals surface area contributed by atoms with Gasteiger partial charge in [0, 0.05) is 42.5 Å². The molecule has 0 spiro atoms. The van der Waals surface area contributed by atoms with Crippen LogP contribution in [0.4, 0.5) is 17.1 Å². The Kier molecular flexibility index (Phi) is 5.62. The minimum absolute atomic E-state index is 0.0636. The van der Waals surface area contributed by atoms with Gasteiger partial charge in [-0.25, -0.2) is 0 Å². The highest BCUT2D eigenvalue weighted by Crippen LogP contribution is 2.29. The summed E-state index contributed by atoms with van der Waals surface area (Å²) in [6.45, 7) is 0. The van der Waals surface area contributed by atoms with Gasteiger partial charge in [-0.2, -0.15) is 0 Å². The lowest BCUT2D eigenvalue weighted by atomic mass is 10.0. The summed E-state index contributed by atoms with van der Waals surface area (Å²) in [6.07, 6.45) is 1.32. The van der Waals surface area contributed by atoms with Crippen molar-refractivity contribution in [2.45, 2.75) is 0 Å². The number of hydrogen-bond donors (Lipinski definition) is 1. The van der Waals surface area contributed by atoms with Crippen molar-refractivity contribution in [3.63, 3.8) is 0 Å². The Bertz CT molecular complexity index is 1070. The molecule has 0 radical (unpaired) electrons. The van der Waals surface area contributed by atoms with Gasteiger partial charge in [0.05, 0.1) is 10.6 Å². The summed E-state index contributed by atoms with van der Waals surface area (Å²) >= 11 is 11.0. The second-order valence-corrected chi connectivity index (χ2v) is 7.15. The first-order valence-corrected chi connectivity index (χ1v) is 9.10. The molecule has 2 aromatic rings. The average Bonchev–Trinajstić information content (AvgIpc) is 2.66. The summed E-state index contributed by atoms with van der Waals surface area (Å²) < 4.78 is 0. The van der Waals surface area contributed by atoms with Crippen LogP contribution in [0.3, 0.4) is 0 Å². The van der Waals surface area contributed by atoms with Gasteiger partial charge in [0.1, 0.15) is 5.57 Å². The highest BCUT2D eigenvalue weighted by Gasteiger charge is 2.34. The summed E-state index contributed by atoms with van der Waals surface area (Å²) in [6, 6.07) is 10.6. The third-order valence-electron chi connectivity index (χ3n) is 4.19. The van der Waals surface area contributed by atoms with Crippen molar-refractivity contribution in [3.8, 4) is 0 Å². The number of nitro benzene ring substituents is 1. The number of nitro groups is 1. The molecule has 0 atom stereocenters. The Balaban J connectivity index is 2.10. The van der Waals surface area contributed by atoms with E-state index in [-0.39, 0.29) is 16.4 Å². The molecule has 1 N–H and O–H groups in total. The normalized spacial score (nSPS) is 15.5. The van der Waals surface area contributed by atoms with E-state index in [0.717, 1.165) is 0 Å². The summed E-state index contributed by atoms with van der Waals surface area (Å²) in [5.41, 5.74) is 1.04. The fourth-order valence-corrected chi connectivity index (χ4v) is 3.22. The van der Waals surface area contributed by atoms with Crippen molar-refractivity contribution in [3.05, 3.63) is 68.7 Å². The number of non-ortho nitro benzene ring substituents is 1. The molecule has 0 aromatic heterocycles. The van der Waals surface area contributed by atoms with E-state index >= 15 is 0 Å². The van der Waals surface area contributed by atoms with Crippen LogP contribution in [-0.4, -0.2) is 35.9 Å². The number of carbonyl (C=O) groups is 2. The molecule has 0 bridgehead atoms. The zero-order valence-electron chi connectivity index (χ0n) is 15.4. The van der Waals surface area contributed by atoms with Gasteiger partial charge in [0.25, 0.3) is 17.5 Å². The third kappa shape index (κ3) is 4.10. The van der Waals surface area contributed by atoms with E-state index in [0.29, 0.717) is 22.0 Å². The number of benzene rings is 2. The van der Waals surface area contributed by atoms with Crippen LogP contribution in [0.1, 0.15) is 5.56 Å². The number of carbonyl (C=O) groups excluding carboxylic acids is 2. The van der Waals surface area contributed by atoms with Gasteiger partial charge in [0.2, 0.25) is 0 Å². The first-order chi connectivity index (χ1) is 13.7. The molecule has 1 aliphatic rings. The van der Waals surface area contributed by atoms with Gasteiger partial charge >= 0.3 is 0 Å². The van der Waals surface area contributed by atoms with E-state index in [2.05, 4.69) is 5.32 Å². The predicted octanol–water partition coefficient (Wildman–Crippen LogP) is 3.15. The zero-order valence-corrected chi connectivity index (χ0v) is 17.0. The predicted molar refractivity (Wildman–Crippen MR) is 115 cm³/mol. The van der Waals surface area contributed by atoms with Gasteiger partial charge in [0.15, 0.2) is 5.11 Å². The minimum Gasteiger partial charge on any atom is -0.377 e. The number of nitrogens with zero attached hydrogens (tertiary/aromatic N) is 3. The molecule has 1 saturated heterocycles. The lowest BCUT2D eigenvalue weighted by Crippen LogP contribution is -2.54. The van der Waals surface area contributed by atoms with Gasteiger partial charge in [-0.15, -0.1) is 0 Å². The number of thiocarbonyl (C=S) groups is 1. The van der Waals surface area contributed by atoms with Crippen LogP contribution in [0.2, 0.25) is 5.02 Å². The fraction of sp³-hybridized carbons (Fsp3) is 0.105. The second-order valence-electron chi connectivity index (χ2n) is 6.33. The SMILES string of the molecule is CN(C)c1ccc([N+](=O)[O-])cc1/C=C1/C(=O)NC(=S)N(c2ccc(Cl)cc2)C1=O. The maximum Gasteiger partial charge on any atom is 0.270 e. The summed E-state index contributed by atoms with van der Waals surface area (Å²) in [4.78, 5) is 39.0. The van der Waals surface area contributed by atoms with Crippen molar-refractivity contribution < 1.29 is 14.5 Å². The lowest BCUT2D eigenvalue weighted by Gasteiger charge is -2.29. The van der Waals surface area contributed by atoms with Crippen LogP contribution in [-0.2, 0) is 9.59 Å². The quantitative estimate of drug-likeness (QED) is 0.263. The van der Waals surface area contributed by atoms with E-state index < -0.39 is 16.7 Å². The summed E-state index contributed by atoms with van der Waals surface area (Å²) in [5, 5.41) is 14.0. The van der Waals surface area contributed by atoms with Crippen LogP contribution in [0.25, 0.3) is 6.08 Å². The van der Waals surface area contributed by atoms with Crippen molar-refractivity contribution in [2.24, 2.45) is 0 Å². The Labute approximate surface area is 176 Å². The maximum atomic E-state index is 13.1. The molecule has 2 aromatic carbocycles. The van der Waals surface area contributed by atoms with E-state index in [1.165, 1.54) is 23.1 Å². The molecule has 29 heavy (non-hydrogen) atoms. The van der Waals surface area contributed by atoms with E-state index in [1.807, 2.05) is 0 Å². The second kappa shape index (κ2) is 7.98. The van der Waals surface area contributed by atoms with Crippen LogP contribution >= 0.6 is 23.8 Å². The topological polar surface area (TPSA) is 95.8 Å². The molecule has 2 amide bonds. The lowest BCUT2D eigenvalue weighted by molar-refractivity contribution is -0.384. The average molecular weight is 431 g/mol. The van der Waals surface area contributed by atoms with E-state index in [9.17, 15) is 19.7 Å². The number of halogens is 1. The number of rotatable bonds is 4. The molecule has 1 heterocycles. The monoisotopic (exact) mass is 430 g/mol. The Morgan fingerprint density at radius 2 is 1.83 bits per heavy atom. The summed E-state index contributed by atoms with van der Waals surface area (Å²) in [5.74, 6) is -1.32. The van der Waals surface area contributed by atoms with E-state index in [4.69, 9.17) is 23.8 Å². The summed E-state index contributed by atoms with van der Waals surface area (Å²) in [7, 11) is 3.50. The Morgan fingerprint density at radius 1 is 1.17 bits per heavy atom. The van der Waals surface area contributed by atoms with E-state index in [1.54, 1.807) is 49.3 Å². The minimum atomic E-state index is -0.679. The largest absolute Gasteiger partial charge is 0.377 e. The van der Waals surface area contributed by atoms with Gasteiger partial charge in [-0.3, -0.25) is 29.9 Å². The number of anilines is 2. The van der Waals surface area contributed by atoms with Gasteiger partial charge < -0.3 is 4.90 Å². The highest BCUT2D eigenvalue weighted by atomic mass is 35.5. The Morgan fingerprint density at radius 3 is 2.41 bits per heavy atom. The first kappa shape index (κ1) is 20.4. The number of nitrogens with one attached hydrogen (secondary N) is 1. The van der Waals surface area contributed by atoms with Gasteiger partial charge in [-0.1, -0.05) is 11.6 Å². The molecule has 1 aliphatic heterocycles. The van der Waals surface area contributed by atoms with Crippen LogP contribution in [0, 0.1) is 10.1 Å². The third-order valence-corrected chi connectivity index (χ3v) is 4.73. The molecule has 0 aliphatic carbocycles. The number of hydrogen-bond acceptors (Lipinski definition) is 6. The van der Waals surface area contributed by atoms with Gasteiger partial charge in [-0.05, 0) is 48.6 Å². The first-order valence-electron chi connectivity index (χ1n) is 8.32. The molecule has 148 valence electrons. The van der Waals surface area contributed by atoms with Crippen molar-refractivity contribution in [2.75, 3.05) is 23.9 Å². The number of amides is 2. The molecular formula is C19H15ClN4O4S. The smallest absolute Gasteiger partial charge is 0.270 e. The Hall–Kier alpha value is -3.30. The molecule has 10 heteroatoms. The molecule has 3 rings (SSSR count). The fourth-order valence-electron chi connectivity index (χ4n) is 2.82. The molecular weight excluding hydrogens is 416 g/mol. The van der Waals surface area contributed by atoms with Crippen molar-refractivity contribution in [1.82, 2.24) is 5.32 Å². The van der Waals surface area contributed by atoms with Crippen LogP contribution < -0.4 is 15.1 Å². The van der Waals surface area contributed by atoms with Crippen LogP contribution in [0.15, 0.2) is 48.0 Å². The van der Waals surface area contributed by atoms with Crippen LogP contribution in [0.5, 0.6) is 0 Å². The highest BCUT2D eigenvalue weighted by molar-refractivity contribution is 7.80. The molecule has 0 saturated carbocycles. The molecule has 8 nitrogen and oxygen atoms in total.